The van der Waals surface area contributed by atoms with E-state index in [-0.39, 0.29) is 11.4 Å². The lowest BCUT2D eigenvalue weighted by Gasteiger charge is -2.11. The molecule has 1 heterocycles. The maximum atomic E-state index is 12.5. The number of hydrogen-bond donors (Lipinski definition) is 1. The second-order valence-electron chi connectivity index (χ2n) is 6.30. The lowest BCUT2D eigenvalue weighted by Crippen LogP contribution is -2.27. The van der Waals surface area contributed by atoms with E-state index in [9.17, 15) is 8.42 Å². The number of rotatable bonds is 6. The van der Waals surface area contributed by atoms with Crippen LogP contribution in [0.1, 0.15) is 0 Å². The second kappa shape index (κ2) is 7.75. The Morgan fingerprint density at radius 1 is 0.929 bits per heavy atom. The van der Waals surface area contributed by atoms with Crippen molar-refractivity contribution in [2.24, 2.45) is 0 Å². The molecule has 0 aliphatic heterocycles. The summed E-state index contributed by atoms with van der Waals surface area (Å²) in [4.78, 5) is 4.89. The molecule has 5 nitrogen and oxygen atoms in total. The van der Waals surface area contributed by atoms with Crippen molar-refractivity contribution < 1.29 is 8.42 Å². The van der Waals surface area contributed by atoms with Gasteiger partial charge in [0, 0.05) is 23.7 Å². The summed E-state index contributed by atoms with van der Waals surface area (Å²) in [6.07, 6.45) is 0. The Morgan fingerprint density at radius 2 is 1.68 bits per heavy atom. The summed E-state index contributed by atoms with van der Waals surface area (Å²) in [5.74, 6) is 0.809. The van der Waals surface area contributed by atoms with Crippen LogP contribution < -0.4 is 4.72 Å². The molecule has 7 heteroatoms. The van der Waals surface area contributed by atoms with E-state index in [0.29, 0.717) is 11.6 Å². The van der Waals surface area contributed by atoms with Gasteiger partial charge in [-0.3, -0.25) is 0 Å². The summed E-state index contributed by atoms with van der Waals surface area (Å²) in [5, 5.41) is 0.384. The Bertz CT molecular complexity index is 1220. The summed E-state index contributed by atoms with van der Waals surface area (Å²) in [6, 6.07) is 23.9. The highest BCUT2D eigenvalue weighted by atomic mass is 35.5. The minimum atomic E-state index is -3.63. The van der Waals surface area contributed by atoms with Gasteiger partial charge in [-0.1, -0.05) is 60.1 Å². The number of aromatic nitrogens is 2. The third kappa shape index (κ3) is 3.80. The Hall–Kier alpha value is -2.67. The van der Waals surface area contributed by atoms with Gasteiger partial charge in [-0.2, -0.15) is 0 Å². The molecule has 0 radical (unpaired) electrons. The van der Waals surface area contributed by atoms with E-state index < -0.39 is 10.0 Å². The summed E-state index contributed by atoms with van der Waals surface area (Å²) in [7, 11) is -3.63. The van der Waals surface area contributed by atoms with Crippen molar-refractivity contribution in [2.45, 2.75) is 11.4 Å². The van der Waals surface area contributed by atoms with Crippen LogP contribution in [0.25, 0.3) is 22.4 Å². The fourth-order valence-corrected chi connectivity index (χ4v) is 4.44. The van der Waals surface area contributed by atoms with Gasteiger partial charge < -0.3 is 4.57 Å². The fraction of sp³-hybridized carbons (Fsp3) is 0.0952. The molecule has 1 aromatic heterocycles. The van der Waals surface area contributed by atoms with E-state index in [1.54, 1.807) is 12.1 Å². The minimum Gasteiger partial charge on any atom is -0.323 e. The maximum Gasteiger partial charge on any atom is 0.240 e. The molecule has 4 aromatic rings. The van der Waals surface area contributed by atoms with Crippen LogP contribution in [0, 0.1) is 0 Å². The number of imidazole rings is 1. The van der Waals surface area contributed by atoms with Crippen molar-refractivity contribution in [3.8, 4) is 11.4 Å². The number of fused-ring (bicyclic) bond motifs is 1. The second-order valence-corrected chi connectivity index (χ2v) is 8.50. The maximum absolute atomic E-state index is 12.5. The number of nitrogens with zero attached hydrogens (tertiary/aromatic N) is 2. The summed E-state index contributed by atoms with van der Waals surface area (Å²) >= 11 is 5.92. The minimum absolute atomic E-state index is 0.152. The number of halogens is 1. The van der Waals surface area contributed by atoms with Crippen molar-refractivity contribution in [3.63, 3.8) is 0 Å². The predicted molar refractivity (Wildman–Crippen MR) is 112 cm³/mol. The number of benzene rings is 3. The fourth-order valence-electron chi connectivity index (χ4n) is 3.12. The molecule has 0 atom stereocenters. The van der Waals surface area contributed by atoms with Crippen LogP contribution in [0.3, 0.4) is 0 Å². The molecule has 142 valence electrons. The summed E-state index contributed by atoms with van der Waals surface area (Å²) in [6.45, 7) is 0.680. The van der Waals surface area contributed by atoms with Crippen LogP contribution in [0.5, 0.6) is 0 Å². The Morgan fingerprint density at radius 3 is 2.46 bits per heavy atom. The van der Waals surface area contributed by atoms with Crippen LogP contribution in [-0.2, 0) is 16.6 Å². The van der Waals surface area contributed by atoms with Crippen molar-refractivity contribution in [3.05, 3.63) is 83.9 Å². The topological polar surface area (TPSA) is 64.0 Å². The number of hydrogen-bond acceptors (Lipinski definition) is 3. The largest absolute Gasteiger partial charge is 0.323 e. The lowest BCUT2D eigenvalue weighted by molar-refractivity contribution is 0.574. The normalized spacial score (nSPS) is 11.8. The Balaban J connectivity index is 1.61. The van der Waals surface area contributed by atoms with Gasteiger partial charge >= 0.3 is 0 Å². The monoisotopic (exact) mass is 411 g/mol. The van der Waals surface area contributed by atoms with E-state index in [0.717, 1.165) is 22.4 Å². The molecular weight excluding hydrogens is 394 g/mol. The molecule has 0 spiro atoms. The van der Waals surface area contributed by atoms with Crippen LogP contribution in [-0.4, -0.2) is 24.5 Å². The molecule has 0 fully saturated rings. The molecule has 0 aliphatic carbocycles. The molecule has 0 amide bonds. The van der Waals surface area contributed by atoms with Crippen LogP contribution in [0.15, 0.2) is 83.8 Å². The standard InChI is InChI=1S/C21H18ClN3O2S/c22-17-9-6-10-18(15-17)28(26,27)23-13-14-25-20-12-5-4-11-19(20)24-21(25)16-7-2-1-3-8-16/h1-12,15,23H,13-14H2. The van der Waals surface area contributed by atoms with Gasteiger partial charge in [0.05, 0.1) is 15.9 Å². The van der Waals surface area contributed by atoms with Crippen molar-refractivity contribution in [2.75, 3.05) is 6.54 Å². The van der Waals surface area contributed by atoms with Crippen LogP contribution in [0.4, 0.5) is 0 Å². The third-order valence-corrected chi connectivity index (χ3v) is 6.11. The summed E-state index contributed by atoms with van der Waals surface area (Å²) in [5.41, 5.74) is 2.82. The molecule has 3 aromatic carbocycles. The highest BCUT2D eigenvalue weighted by molar-refractivity contribution is 7.89. The van der Waals surface area contributed by atoms with Gasteiger partial charge in [0.2, 0.25) is 10.0 Å². The first-order valence-corrected chi connectivity index (χ1v) is 10.7. The quantitative estimate of drug-likeness (QED) is 0.513. The van der Waals surface area contributed by atoms with E-state index in [4.69, 9.17) is 16.6 Å². The molecule has 1 N–H and O–H groups in total. The molecule has 0 aliphatic rings. The van der Waals surface area contributed by atoms with Gasteiger partial charge in [-0.25, -0.2) is 18.1 Å². The van der Waals surface area contributed by atoms with Crippen LogP contribution in [0.2, 0.25) is 5.02 Å². The first-order chi connectivity index (χ1) is 13.5. The number of sulfonamides is 1. The smallest absolute Gasteiger partial charge is 0.240 e. The third-order valence-electron chi connectivity index (χ3n) is 4.42. The zero-order valence-electron chi connectivity index (χ0n) is 14.9. The van der Waals surface area contributed by atoms with Gasteiger partial charge in [-0.15, -0.1) is 0 Å². The van der Waals surface area contributed by atoms with E-state index in [1.165, 1.54) is 12.1 Å². The van der Waals surface area contributed by atoms with E-state index in [2.05, 4.69) is 4.72 Å². The van der Waals surface area contributed by atoms with Gasteiger partial charge in [0.15, 0.2) is 0 Å². The first kappa shape index (κ1) is 18.7. The molecule has 0 bridgehead atoms. The van der Waals surface area contributed by atoms with Crippen molar-refractivity contribution >= 4 is 32.7 Å². The van der Waals surface area contributed by atoms with Crippen molar-refractivity contribution in [1.82, 2.24) is 14.3 Å². The molecular formula is C21H18ClN3O2S. The predicted octanol–water partition coefficient (Wildman–Crippen LogP) is 4.34. The number of nitrogens with one attached hydrogen (secondary N) is 1. The first-order valence-electron chi connectivity index (χ1n) is 8.80. The molecule has 0 saturated carbocycles. The highest BCUT2D eigenvalue weighted by Crippen LogP contribution is 2.24. The number of para-hydroxylation sites is 2. The average Bonchev–Trinajstić information content (AvgIpc) is 3.07. The Kier molecular flexibility index (Phi) is 5.17. The SMILES string of the molecule is O=S(=O)(NCCn1c(-c2ccccc2)nc2ccccc21)c1cccc(Cl)c1. The molecule has 4 rings (SSSR count). The molecule has 0 unspecified atom stereocenters. The van der Waals surface area contributed by atoms with Gasteiger partial charge in [0.1, 0.15) is 5.82 Å². The Labute approximate surface area is 168 Å². The molecule has 28 heavy (non-hydrogen) atoms. The zero-order valence-corrected chi connectivity index (χ0v) is 16.5. The highest BCUT2D eigenvalue weighted by Gasteiger charge is 2.16. The van der Waals surface area contributed by atoms with Crippen molar-refractivity contribution in [1.29, 1.82) is 0 Å². The van der Waals surface area contributed by atoms with E-state index in [1.807, 2.05) is 59.2 Å². The lowest BCUT2D eigenvalue weighted by atomic mass is 10.2. The zero-order chi connectivity index (χ0) is 19.6. The average molecular weight is 412 g/mol. The van der Waals surface area contributed by atoms with E-state index >= 15 is 0 Å². The van der Waals surface area contributed by atoms with Gasteiger partial charge in [0.25, 0.3) is 0 Å². The summed E-state index contributed by atoms with van der Waals surface area (Å²) < 4.78 is 29.8. The van der Waals surface area contributed by atoms with Crippen LogP contribution >= 0.6 is 11.6 Å². The molecule has 0 saturated heterocycles. The van der Waals surface area contributed by atoms with Gasteiger partial charge in [-0.05, 0) is 30.3 Å².